The highest BCUT2D eigenvalue weighted by Crippen LogP contribution is 2.46. The average Bonchev–Trinajstić information content (AvgIpc) is 2.99. The Morgan fingerprint density at radius 3 is 2.69 bits per heavy atom. The van der Waals surface area contributed by atoms with Gasteiger partial charge in [0.25, 0.3) is 0 Å². The second-order valence-electron chi connectivity index (χ2n) is 3.38. The van der Waals surface area contributed by atoms with Crippen LogP contribution in [0.15, 0.2) is 18.3 Å². The number of pyridine rings is 1. The van der Waals surface area contributed by atoms with E-state index in [1.54, 1.807) is 0 Å². The Morgan fingerprint density at radius 2 is 2.31 bits per heavy atom. The Hall–Kier alpha value is -0.304. The van der Waals surface area contributed by atoms with Gasteiger partial charge in [-0.2, -0.15) is 5.26 Å². The maximum Gasteiger partial charge on any atom is 0.540 e. The van der Waals surface area contributed by atoms with Crippen molar-refractivity contribution in [3.63, 3.8) is 0 Å². The summed E-state index contributed by atoms with van der Waals surface area (Å²) in [7, 11) is 5.78. The van der Waals surface area contributed by atoms with E-state index in [9.17, 15) is 0 Å². The SMILES string of the molecule is N#CC1(c2cc[c]([Mg][Cl])cn2)CC1. The first kappa shape index (κ1) is 9.26. The van der Waals surface area contributed by atoms with Crippen molar-refractivity contribution in [2.45, 2.75) is 18.3 Å². The van der Waals surface area contributed by atoms with Gasteiger partial charge < -0.3 is 9.07 Å². The van der Waals surface area contributed by atoms with Crippen LogP contribution in [-0.2, 0) is 5.41 Å². The van der Waals surface area contributed by atoms with Crippen LogP contribution in [0.1, 0.15) is 18.5 Å². The smallest absolute Gasteiger partial charge is 0.336 e. The Balaban J connectivity index is 2.29. The van der Waals surface area contributed by atoms with Gasteiger partial charge >= 0.3 is 19.3 Å². The third-order valence-electron chi connectivity index (χ3n) is 2.43. The van der Waals surface area contributed by atoms with E-state index >= 15 is 0 Å². The Morgan fingerprint density at radius 1 is 1.54 bits per heavy atom. The van der Waals surface area contributed by atoms with Gasteiger partial charge in [-0.15, -0.1) is 3.69 Å². The van der Waals surface area contributed by atoms with Crippen LogP contribution in [0.3, 0.4) is 0 Å². The summed E-state index contributed by atoms with van der Waals surface area (Å²) in [4.78, 5) is 4.28. The Bertz CT molecular complexity index is 351. The van der Waals surface area contributed by atoms with E-state index in [0.29, 0.717) is 0 Å². The molecule has 0 aromatic carbocycles. The first-order valence-electron chi connectivity index (χ1n) is 4.23. The largest absolute Gasteiger partial charge is 0.540 e. The highest BCUT2D eigenvalue weighted by atomic mass is 35.5. The van der Waals surface area contributed by atoms with Gasteiger partial charge in [-0.1, -0.05) is 6.07 Å². The lowest BCUT2D eigenvalue weighted by Crippen LogP contribution is -2.13. The van der Waals surface area contributed by atoms with Crippen LogP contribution >= 0.6 is 9.07 Å². The fourth-order valence-electron chi connectivity index (χ4n) is 1.34. The van der Waals surface area contributed by atoms with Crippen LogP contribution in [0.25, 0.3) is 0 Å². The van der Waals surface area contributed by atoms with Gasteiger partial charge in [0.1, 0.15) is 0 Å². The van der Waals surface area contributed by atoms with Gasteiger partial charge in [-0.25, -0.2) is 0 Å². The highest BCUT2D eigenvalue weighted by molar-refractivity contribution is 7.01. The number of hydrogen-bond donors (Lipinski definition) is 0. The molecule has 62 valence electrons. The summed E-state index contributed by atoms with van der Waals surface area (Å²) in [6.45, 7) is 0. The summed E-state index contributed by atoms with van der Waals surface area (Å²) in [6.07, 6.45) is 3.72. The zero-order chi connectivity index (χ0) is 9.31. The maximum atomic E-state index is 8.93. The van der Waals surface area contributed by atoms with E-state index in [-0.39, 0.29) is 5.41 Å². The van der Waals surface area contributed by atoms with Crippen molar-refractivity contribution in [2.24, 2.45) is 0 Å². The average molecular weight is 203 g/mol. The number of hydrogen-bond acceptors (Lipinski definition) is 2. The summed E-state index contributed by atoms with van der Waals surface area (Å²) in [5.41, 5.74) is 0.657. The van der Waals surface area contributed by atoms with Crippen LogP contribution in [0.4, 0.5) is 0 Å². The molecule has 0 atom stereocenters. The van der Waals surface area contributed by atoms with Crippen molar-refractivity contribution in [1.29, 1.82) is 5.26 Å². The molecule has 0 spiro atoms. The highest BCUT2D eigenvalue weighted by Gasteiger charge is 2.46. The van der Waals surface area contributed by atoms with Crippen LogP contribution in [0.5, 0.6) is 0 Å². The summed E-state index contributed by atoms with van der Waals surface area (Å²) in [5, 5.41) is 8.93. The van der Waals surface area contributed by atoms with Crippen molar-refractivity contribution in [3.05, 3.63) is 24.0 Å². The second-order valence-corrected chi connectivity index (χ2v) is 5.26. The fourth-order valence-corrected chi connectivity index (χ4v) is 2.18. The van der Waals surface area contributed by atoms with Crippen molar-refractivity contribution in [1.82, 2.24) is 4.98 Å². The third-order valence-corrected chi connectivity index (χ3v) is 4.09. The predicted octanol–water partition coefficient (Wildman–Crippen LogP) is 1.12. The van der Waals surface area contributed by atoms with Crippen molar-refractivity contribution in [3.8, 4) is 6.07 Å². The molecule has 0 bridgehead atoms. The third kappa shape index (κ3) is 1.67. The summed E-state index contributed by atoms with van der Waals surface area (Å²) < 4.78 is 1.14. The Kier molecular flexibility index (Phi) is 2.46. The lowest BCUT2D eigenvalue weighted by Gasteiger charge is -2.04. The minimum atomic E-state index is -0.628. The van der Waals surface area contributed by atoms with Crippen LogP contribution < -0.4 is 3.69 Å². The predicted molar refractivity (Wildman–Crippen MR) is 52.0 cm³/mol. The molecule has 2 nitrogen and oxygen atoms in total. The molecule has 1 heterocycles. The van der Waals surface area contributed by atoms with Gasteiger partial charge in [0.2, 0.25) is 0 Å². The number of halogens is 1. The minimum absolute atomic E-state index is 0.258. The topological polar surface area (TPSA) is 36.7 Å². The molecular formula is C9H7ClMgN2. The Labute approximate surface area is 90.4 Å². The van der Waals surface area contributed by atoms with E-state index in [1.807, 2.05) is 18.3 Å². The molecule has 0 radical (unpaired) electrons. The number of nitrogens with zero attached hydrogens (tertiary/aromatic N) is 2. The number of aromatic nitrogens is 1. The van der Waals surface area contributed by atoms with Gasteiger partial charge in [0, 0.05) is 6.20 Å². The molecule has 0 unspecified atom stereocenters. The minimum Gasteiger partial charge on any atom is -0.336 e. The monoisotopic (exact) mass is 202 g/mol. The van der Waals surface area contributed by atoms with Crippen molar-refractivity contribution >= 4 is 32.0 Å². The molecule has 13 heavy (non-hydrogen) atoms. The van der Waals surface area contributed by atoms with Crippen molar-refractivity contribution in [2.75, 3.05) is 0 Å². The molecule has 1 aliphatic rings. The lowest BCUT2D eigenvalue weighted by molar-refractivity contribution is 0.856. The van der Waals surface area contributed by atoms with Crippen LogP contribution in [-0.4, -0.2) is 24.2 Å². The summed E-state index contributed by atoms with van der Waals surface area (Å²) >= 11 is -0.628. The molecule has 4 heteroatoms. The molecule has 1 aliphatic carbocycles. The van der Waals surface area contributed by atoms with Gasteiger partial charge in [0.15, 0.2) is 0 Å². The molecule has 0 amide bonds. The molecule has 0 aliphatic heterocycles. The first-order chi connectivity index (χ1) is 6.30. The van der Waals surface area contributed by atoms with Crippen LogP contribution in [0, 0.1) is 11.3 Å². The lowest BCUT2D eigenvalue weighted by atomic mass is 10.0. The van der Waals surface area contributed by atoms with Gasteiger partial charge in [0.05, 0.1) is 17.2 Å². The number of rotatable bonds is 2. The standard InChI is InChI=1S/C9H7N2.ClH.Mg/c10-7-9(4-5-9)8-3-1-2-6-11-8;;/h1,3,6H,4-5H2;1H;/q;;+1/p-1. The zero-order valence-electron chi connectivity index (χ0n) is 7.13. The molecule has 1 aromatic heterocycles. The molecule has 0 N–H and O–H groups in total. The normalized spacial score (nSPS) is 17.2. The molecule has 0 saturated heterocycles. The zero-order valence-corrected chi connectivity index (χ0v) is 9.30. The molecule has 1 fully saturated rings. The van der Waals surface area contributed by atoms with E-state index in [1.165, 1.54) is 0 Å². The van der Waals surface area contributed by atoms with E-state index in [0.717, 1.165) is 22.2 Å². The van der Waals surface area contributed by atoms with Gasteiger partial charge in [-0.3, -0.25) is 4.98 Å². The quantitative estimate of drug-likeness (QED) is 0.675. The molecule has 1 aromatic rings. The molecule has 1 saturated carbocycles. The second kappa shape index (κ2) is 3.45. The molecular weight excluding hydrogens is 196 g/mol. The summed E-state index contributed by atoms with van der Waals surface area (Å²) in [5.74, 6) is 0. The maximum absolute atomic E-state index is 8.93. The summed E-state index contributed by atoms with van der Waals surface area (Å²) in [6, 6.07) is 6.27. The van der Waals surface area contributed by atoms with Gasteiger partial charge in [-0.05, 0) is 18.9 Å². The van der Waals surface area contributed by atoms with Crippen molar-refractivity contribution < 1.29 is 0 Å². The van der Waals surface area contributed by atoms with E-state index in [2.05, 4.69) is 11.1 Å². The van der Waals surface area contributed by atoms with E-state index < -0.39 is 19.3 Å². The van der Waals surface area contributed by atoms with E-state index in [4.69, 9.17) is 14.3 Å². The fraction of sp³-hybridized carbons (Fsp3) is 0.333. The molecule has 2 rings (SSSR count). The van der Waals surface area contributed by atoms with Crippen LogP contribution in [0.2, 0.25) is 0 Å². The first-order valence-corrected chi connectivity index (χ1v) is 7.08. The number of nitriles is 1.